The smallest absolute Gasteiger partial charge is 0.128 e. The Labute approximate surface area is 118 Å². The van der Waals surface area contributed by atoms with E-state index in [0.717, 1.165) is 11.3 Å². The number of nitrogens with one attached hydrogen (secondary N) is 1. The molecule has 0 aliphatic rings. The number of aromatic hydroxyl groups is 1. The maximum atomic E-state index is 9.95. The van der Waals surface area contributed by atoms with Crippen LogP contribution in [0, 0.1) is 6.92 Å². The average Bonchev–Trinajstić information content (AvgIpc) is 2.44. The number of phenols is 1. The molecule has 0 saturated heterocycles. The first kappa shape index (κ1) is 13.9. The molecule has 0 aliphatic carbocycles. The summed E-state index contributed by atoms with van der Waals surface area (Å²) in [6.45, 7) is 3.86. The molecule has 0 bridgehead atoms. The van der Waals surface area contributed by atoms with Gasteiger partial charge in [0.25, 0.3) is 0 Å². The monoisotopic (exact) mass is 270 g/mol. The number of aryl methyl sites for hydroxylation is 1. The summed E-state index contributed by atoms with van der Waals surface area (Å²) in [5.41, 5.74) is 6.43. The second-order valence-electron chi connectivity index (χ2n) is 4.56. The molecule has 0 amide bonds. The third-order valence-corrected chi connectivity index (χ3v) is 2.97. The molecule has 2 aromatic carbocycles. The number of benzene rings is 2. The lowest BCUT2D eigenvalue weighted by Gasteiger charge is -2.07. The summed E-state index contributed by atoms with van der Waals surface area (Å²) in [5.74, 6) is 0.766. The molecule has 20 heavy (non-hydrogen) atoms. The Morgan fingerprint density at radius 2 is 2.00 bits per heavy atom. The van der Waals surface area contributed by atoms with Crippen LogP contribution in [-0.4, -0.2) is 17.9 Å². The number of hydrogen-bond acceptors (Lipinski definition) is 4. The van der Waals surface area contributed by atoms with Gasteiger partial charge < -0.3 is 9.84 Å². The van der Waals surface area contributed by atoms with Gasteiger partial charge in [-0.2, -0.15) is 5.10 Å². The molecule has 0 heterocycles. The van der Waals surface area contributed by atoms with Crippen molar-refractivity contribution >= 4 is 11.4 Å². The Bertz CT molecular complexity index is 636. The number of anilines is 1. The molecule has 4 nitrogen and oxygen atoms in total. The van der Waals surface area contributed by atoms with Crippen molar-refractivity contribution in [3.63, 3.8) is 0 Å². The number of hydrogen-bond donors (Lipinski definition) is 2. The molecule has 0 fully saturated rings. The van der Waals surface area contributed by atoms with E-state index in [1.54, 1.807) is 25.3 Å². The molecular formula is C16H18N2O2. The van der Waals surface area contributed by atoms with Gasteiger partial charge in [0.15, 0.2) is 0 Å². The molecular weight excluding hydrogens is 252 g/mol. The maximum Gasteiger partial charge on any atom is 0.128 e. The maximum absolute atomic E-state index is 9.95. The van der Waals surface area contributed by atoms with Gasteiger partial charge in [-0.1, -0.05) is 12.1 Å². The minimum Gasteiger partial charge on any atom is -0.507 e. The van der Waals surface area contributed by atoms with Crippen molar-refractivity contribution in [1.82, 2.24) is 0 Å². The number of nitrogens with zero attached hydrogens (tertiary/aromatic N) is 1. The zero-order valence-electron chi connectivity index (χ0n) is 11.8. The summed E-state index contributed by atoms with van der Waals surface area (Å²) in [6, 6.07) is 13.1. The van der Waals surface area contributed by atoms with Crippen LogP contribution in [0.1, 0.15) is 18.1 Å². The van der Waals surface area contributed by atoms with Crippen LogP contribution >= 0.6 is 0 Å². The van der Waals surface area contributed by atoms with Crippen LogP contribution in [0.2, 0.25) is 0 Å². The molecule has 0 aromatic heterocycles. The van der Waals surface area contributed by atoms with Crippen molar-refractivity contribution < 1.29 is 9.84 Å². The van der Waals surface area contributed by atoms with Crippen molar-refractivity contribution in [2.75, 3.05) is 12.5 Å². The lowest BCUT2D eigenvalue weighted by atomic mass is 10.1. The van der Waals surface area contributed by atoms with E-state index >= 15 is 0 Å². The summed E-state index contributed by atoms with van der Waals surface area (Å²) in [6.07, 6.45) is 0. The normalized spacial score (nSPS) is 11.2. The van der Waals surface area contributed by atoms with Crippen LogP contribution in [0.5, 0.6) is 11.5 Å². The van der Waals surface area contributed by atoms with Gasteiger partial charge in [-0.25, -0.2) is 0 Å². The summed E-state index contributed by atoms with van der Waals surface area (Å²) in [4.78, 5) is 0. The largest absolute Gasteiger partial charge is 0.507 e. The third-order valence-electron chi connectivity index (χ3n) is 2.97. The van der Waals surface area contributed by atoms with Crippen LogP contribution in [0.25, 0.3) is 0 Å². The summed E-state index contributed by atoms with van der Waals surface area (Å²) in [7, 11) is 1.56. The summed E-state index contributed by atoms with van der Waals surface area (Å²) < 4.78 is 5.06. The van der Waals surface area contributed by atoms with Crippen LogP contribution in [0.4, 0.5) is 5.69 Å². The lowest BCUT2D eigenvalue weighted by molar-refractivity contribution is 0.407. The van der Waals surface area contributed by atoms with E-state index in [9.17, 15) is 5.11 Å². The SMILES string of the molecule is COc1ccc(/C(C)=N/Nc2cccc(C)c2)c(O)c1. The van der Waals surface area contributed by atoms with Gasteiger partial charge in [0.2, 0.25) is 0 Å². The summed E-state index contributed by atoms with van der Waals surface area (Å²) in [5, 5.41) is 14.2. The quantitative estimate of drug-likeness (QED) is 0.660. The molecule has 0 spiro atoms. The second kappa shape index (κ2) is 6.10. The Morgan fingerprint density at radius 1 is 1.20 bits per heavy atom. The zero-order valence-corrected chi connectivity index (χ0v) is 11.8. The number of methoxy groups -OCH3 is 1. The molecule has 0 atom stereocenters. The van der Waals surface area contributed by atoms with E-state index in [4.69, 9.17) is 4.74 Å². The third kappa shape index (κ3) is 3.29. The van der Waals surface area contributed by atoms with E-state index in [-0.39, 0.29) is 5.75 Å². The van der Waals surface area contributed by atoms with Gasteiger partial charge in [0, 0.05) is 11.6 Å². The first-order valence-corrected chi connectivity index (χ1v) is 6.34. The van der Waals surface area contributed by atoms with Gasteiger partial charge in [0.05, 0.1) is 18.5 Å². The zero-order chi connectivity index (χ0) is 14.5. The van der Waals surface area contributed by atoms with E-state index in [2.05, 4.69) is 10.5 Å². The fraction of sp³-hybridized carbons (Fsp3) is 0.188. The van der Waals surface area contributed by atoms with Crippen molar-refractivity contribution in [1.29, 1.82) is 0 Å². The van der Waals surface area contributed by atoms with Crippen molar-refractivity contribution in [2.45, 2.75) is 13.8 Å². The van der Waals surface area contributed by atoms with Gasteiger partial charge >= 0.3 is 0 Å². The van der Waals surface area contributed by atoms with Gasteiger partial charge in [-0.3, -0.25) is 5.43 Å². The Hall–Kier alpha value is -2.49. The van der Waals surface area contributed by atoms with E-state index in [1.165, 1.54) is 0 Å². The number of ether oxygens (including phenoxy) is 1. The molecule has 4 heteroatoms. The van der Waals surface area contributed by atoms with Crippen LogP contribution in [0.3, 0.4) is 0 Å². The molecule has 0 unspecified atom stereocenters. The second-order valence-corrected chi connectivity index (χ2v) is 4.56. The highest BCUT2D eigenvalue weighted by Crippen LogP contribution is 2.24. The van der Waals surface area contributed by atoms with Crippen LogP contribution < -0.4 is 10.2 Å². The standard InChI is InChI=1S/C16H18N2O2/c1-11-5-4-6-13(9-11)18-17-12(2)15-8-7-14(20-3)10-16(15)19/h4-10,18-19H,1-3H3/b17-12+. The highest BCUT2D eigenvalue weighted by Gasteiger charge is 2.06. The van der Waals surface area contributed by atoms with E-state index < -0.39 is 0 Å². The Balaban J connectivity index is 2.18. The van der Waals surface area contributed by atoms with Crippen molar-refractivity contribution in [3.8, 4) is 11.5 Å². The number of phenolic OH excluding ortho intramolecular Hbond substituents is 1. The molecule has 2 N–H and O–H groups in total. The van der Waals surface area contributed by atoms with Gasteiger partial charge in [-0.15, -0.1) is 0 Å². The molecule has 0 aliphatic heterocycles. The fourth-order valence-electron chi connectivity index (χ4n) is 1.87. The minimum atomic E-state index is 0.150. The molecule has 2 rings (SSSR count). The summed E-state index contributed by atoms with van der Waals surface area (Å²) >= 11 is 0. The number of hydrazone groups is 1. The molecule has 2 aromatic rings. The van der Waals surface area contributed by atoms with Gasteiger partial charge in [0.1, 0.15) is 11.5 Å². The Morgan fingerprint density at radius 3 is 2.65 bits per heavy atom. The van der Waals surface area contributed by atoms with E-state index in [0.29, 0.717) is 17.0 Å². The first-order valence-electron chi connectivity index (χ1n) is 6.34. The molecule has 0 saturated carbocycles. The topological polar surface area (TPSA) is 53.8 Å². The minimum absolute atomic E-state index is 0.150. The van der Waals surface area contributed by atoms with Crippen LogP contribution in [0.15, 0.2) is 47.6 Å². The highest BCUT2D eigenvalue weighted by atomic mass is 16.5. The van der Waals surface area contributed by atoms with Crippen LogP contribution in [-0.2, 0) is 0 Å². The predicted molar refractivity (Wildman–Crippen MR) is 81.7 cm³/mol. The Kier molecular flexibility index (Phi) is 4.25. The fourth-order valence-corrected chi connectivity index (χ4v) is 1.87. The lowest BCUT2D eigenvalue weighted by Crippen LogP contribution is -2.00. The number of rotatable bonds is 4. The molecule has 104 valence electrons. The van der Waals surface area contributed by atoms with Gasteiger partial charge in [-0.05, 0) is 43.7 Å². The predicted octanol–water partition coefficient (Wildman–Crippen LogP) is 3.55. The highest BCUT2D eigenvalue weighted by molar-refractivity contribution is 6.01. The van der Waals surface area contributed by atoms with E-state index in [1.807, 2.05) is 38.1 Å². The molecule has 0 radical (unpaired) electrons. The van der Waals surface area contributed by atoms with Crippen molar-refractivity contribution in [2.24, 2.45) is 5.10 Å². The first-order chi connectivity index (χ1) is 9.60. The average molecular weight is 270 g/mol. The van der Waals surface area contributed by atoms with Crippen molar-refractivity contribution in [3.05, 3.63) is 53.6 Å².